The predicted octanol–water partition coefficient (Wildman–Crippen LogP) is 1.49. The topological polar surface area (TPSA) is 55.1 Å². The number of rotatable bonds is 4. The molecule has 1 fully saturated rings. The average Bonchev–Trinajstić information content (AvgIpc) is 2.66. The first-order valence-corrected chi connectivity index (χ1v) is 6.21. The summed E-state index contributed by atoms with van der Waals surface area (Å²) in [7, 11) is 0. The van der Waals surface area contributed by atoms with Gasteiger partial charge in [-0.1, -0.05) is 6.42 Å². The van der Waals surface area contributed by atoms with Gasteiger partial charge in [0.1, 0.15) is 0 Å². The molecule has 1 aromatic rings. The third-order valence-corrected chi connectivity index (χ3v) is 3.95. The fraction of sp³-hybridized carbons (Fsp3) is 0.545. The van der Waals surface area contributed by atoms with Gasteiger partial charge in [0.05, 0.1) is 5.41 Å². The van der Waals surface area contributed by atoms with Crippen LogP contribution in [0.15, 0.2) is 16.8 Å². The summed E-state index contributed by atoms with van der Waals surface area (Å²) >= 11 is 1.65. The zero-order valence-corrected chi connectivity index (χ0v) is 9.48. The standard InChI is InChI=1S/C11H16N2OS/c12-8-11(3-1-4-11)10(14)13-6-9-2-5-15-7-9/h2,5,7H,1,3-4,6,8,12H2,(H,13,14). The highest BCUT2D eigenvalue weighted by Crippen LogP contribution is 2.40. The van der Waals surface area contributed by atoms with E-state index in [0.29, 0.717) is 13.1 Å². The van der Waals surface area contributed by atoms with Gasteiger partial charge in [-0.05, 0) is 35.2 Å². The number of carbonyl (C=O) groups is 1. The summed E-state index contributed by atoms with van der Waals surface area (Å²) in [4.78, 5) is 11.9. The molecule has 15 heavy (non-hydrogen) atoms. The van der Waals surface area contributed by atoms with Gasteiger partial charge in [0.2, 0.25) is 5.91 Å². The molecule has 0 spiro atoms. The minimum Gasteiger partial charge on any atom is -0.351 e. The maximum Gasteiger partial charge on any atom is 0.227 e. The lowest BCUT2D eigenvalue weighted by Gasteiger charge is -2.39. The molecule has 1 saturated carbocycles. The highest BCUT2D eigenvalue weighted by atomic mass is 32.1. The number of hydrogen-bond donors (Lipinski definition) is 2. The molecule has 1 aliphatic carbocycles. The molecule has 0 unspecified atom stereocenters. The highest BCUT2D eigenvalue weighted by Gasteiger charge is 2.42. The Kier molecular flexibility index (Phi) is 3.07. The van der Waals surface area contributed by atoms with E-state index >= 15 is 0 Å². The van der Waals surface area contributed by atoms with Crippen LogP contribution >= 0.6 is 11.3 Å². The molecule has 0 bridgehead atoms. The van der Waals surface area contributed by atoms with Gasteiger partial charge in [-0.2, -0.15) is 11.3 Å². The number of amides is 1. The Hall–Kier alpha value is -0.870. The fourth-order valence-corrected chi connectivity index (χ4v) is 2.56. The van der Waals surface area contributed by atoms with Crippen molar-refractivity contribution in [3.8, 4) is 0 Å². The zero-order valence-electron chi connectivity index (χ0n) is 8.66. The second-order valence-corrected chi connectivity index (χ2v) is 4.93. The molecule has 0 atom stereocenters. The van der Waals surface area contributed by atoms with Gasteiger partial charge in [-0.25, -0.2) is 0 Å². The first kappa shape index (κ1) is 10.6. The normalized spacial score (nSPS) is 18.2. The molecular weight excluding hydrogens is 208 g/mol. The Morgan fingerprint density at radius 3 is 2.87 bits per heavy atom. The van der Waals surface area contributed by atoms with Crippen LogP contribution in [-0.2, 0) is 11.3 Å². The largest absolute Gasteiger partial charge is 0.351 e. The summed E-state index contributed by atoms with van der Waals surface area (Å²) in [5.74, 6) is 0.127. The Morgan fingerprint density at radius 1 is 1.60 bits per heavy atom. The van der Waals surface area contributed by atoms with E-state index < -0.39 is 0 Å². The van der Waals surface area contributed by atoms with Crippen LogP contribution in [0, 0.1) is 5.41 Å². The number of carbonyl (C=O) groups excluding carboxylic acids is 1. The molecule has 82 valence electrons. The number of nitrogens with one attached hydrogen (secondary N) is 1. The Balaban J connectivity index is 1.87. The summed E-state index contributed by atoms with van der Waals surface area (Å²) in [6.45, 7) is 1.10. The summed E-state index contributed by atoms with van der Waals surface area (Å²) in [5, 5.41) is 7.04. The molecule has 1 aliphatic rings. The van der Waals surface area contributed by atoms with Crippen LogP contribution in [0.2, 0.25) is 0 Å². The number of hydrogen-bond acceptors (Lipinski definition) is 3. The maximum atomic E-state index is 11.9. The van der Waals surface area contributed by atoms with Crippen molar-refractivity contribution in [3.05, 3.63) is 22.4 Å². The van der Waals surface area contributed by atoms with Crippen LogP contribution in [0.25, 0.3) is 0 Å². The van der Waals surface area contributed by atoms with E-state index in [1.54, 1.807) is 11.3 Å². The van der Waals surface area contributed by atoms with Crippen LogP contribution in [-0.4, -0.2) is 12.5 Å². The van der Waals surface area contributed by atoms with Crippen LogP contribution in [0.5, 0.6) is 0 Å². The molecule has 2 rings (SSSR count). The molecule has 4 heteroatoms. The Bertz CT molecular complexity index is 325. The van der Waals surface area contributed by atoms with Gasteiger partial charge in [-0.15, -0.1) is 0 Å². The monoisotopic (exact) mass is 224 g/mol. The van der Waals surface area contributed by atoms with E-state index in [9.17, 15) is 4.79 Å². The third kappa shape index (κ3) is 2.06. The third-order valence-electron chi connectivity index (χ3n) is 3.22. The highest BCUT2D eigenvalue weighted by molar-refractivity contribution is 7.07. The summed E-state index contributed by atoms with van der Waals surface area (Å²) in [5.41, 5.74) is 6.57. The predicted molar refractivity (Wildman–Crippen MR) is 61.5 cm³/mol. The summed E-state index contributed by atoms with van der Waals surface area (Å²) < 4.78 is 0. The fourth-order valence-electron chi connectivity index (χ4n) is 1.89. The van der Waals surface area contributed by atoms with Crippen LogP contribution in [0.3, 0.4) is 0 Å². The van der Waals surface area contributed by atoms with E-state index in [0.717, 1.165) is 19.3 Å². The van der Waals surface area contributed by atoms with E-state index in [2.05, 4.69) is 10.7 Å². The first-order chi connectivity index (χ1) is 7.27. The van der Waals surface area contributed by atoms with E-state index in [1.165, 1.54) is 5.56 Å². The lowest BCUT2D eigenvalue weighted by Crippen LogP contribution is -2.50. The zero-order chi connectivity index (χ0) is 10.7. The van der Waals surface area contributed by atoms with Crippen LogP contribution in [0.4, 0.5) is 0 Å². The first-order valence-electron chi connectivity index (χ1n) is 5.26. The van der Waals surface area contributed by atoms with E-state index in [4.69, 9.17) is 5.73 Å². The SMILES string of the molecule is NCC1(C(=O)NCc2ccsc2)CCC1. The van der Waals surface area contributed by atoms with Gasteiger partial charge in [-0.3, -0.25) is 4.79 Å². The van der Waals surface area contributed by atoms with Crippen LogP contribution < -0.4 is 11.1 Å². The van der Waals surface area contributed by atoms with Crippen molar-refractivity contribution in [2.75, 3.05) is 6.54 Å². The lowest BCUT2D eigenvalue weighted by atomic mass is 9.68. The molecular formula is C11H16N2OS. The Morgan fingerprint density at radius 2 is 2.40 bits per heavy atom. The van der Waals surface area contributed by atoms with Crippen molar-refractivity contribution >= 4 is 17.2 Å². The molecule has 3 N–H and O–H groups in total. The molecule has 0 aromatic carbocycles. The Labute approximate surface area is 93.7 Å². The second kappa shape index (κ2) is 4.33. The average molecular weight is 224 g/mol. The van der Waals surface area contributed by atoms with Crippen molar-refractivity contribution in [1.29, 1.82) is 0 Å². The van der Waals surface area contributed by atoms with Crippen LogP contribution in [0.1, 0.15) is 24.8 Å². The van der Waals surface area contributed by atoms with E-state index in [-0.39, 0.29) is 11.3 Å². The van der Waals surface area contributed by atoms with Crippen molar-refractivity contribution < 1.29 is 4.79 Å². The van der Waals surface area contributed by atoms with Crippen molar-refractivity contribution in [1.82, 2.24) is 5.32 Å². The minimum atomic E-state index is -0.254. The molecule has 1 amide bonds. The summed E-state index contributed by atoms with van der Waals surface area (Å²) in [6.07, 6.45) is 3.01. The molecule has 0 aliphatic heterocycles. The van der Waals surface area contributed by atoms with Crippen molar-refractivity contribution in [3.63, 3.8) is 0 Å². The quantitative estimate of drug-likeness (QED) is 0.814. The number of thiophene rings is 1. The van der Waals surface area contributed by atoms with Crippen molar-refractivity contribution in [2.45, 2.75) is 25.8 Å². The minimum absolute atomic E-state index is 0.127. The molecule has 0 radical (unpaired) electrons. The van der Waals surface area contributed by atoms with Gasteiger partial charge >= 0.3 is 0 Å². The van der Waals surface area contributed by atoms with E-state index in [1.807, 2.05) is 11.4 Å². The van der Waals surface area contributed by atoms with Gasteiger partial charge in [0, 0.05) is 13.1 Å². The van der Waals surface area contributed by atoms with Crippen molar-refractivity contribution in [2.24, 2.45) is 11.1 Å². The van der Waals surface area contributed by atoms with Gasteiger partial charge in [0.15, 0.2) is 0 Å². The number of nitrogens with two attached hydrogens (primary N) is 1. The smallest absolute Gasteiger partial charge is 0.227 e. The maximum absolute atomic E-state index is 11.9. The molecule has 1 heterocycles. The lowest BCUT2D eigenvalue weighted by molar-refractivity contribution is -0.135. The summed E-state index contributed by atoms with van der Waals surface area (Å²) in [6, 6.07) is 2.03. The van der Waals surface area contributed by atoms with Gasteiger partial charge < -0.3 is 11.1 Å². The molecule has 0 saturated heterocycles. The van der Waals surface area contributed by atoms with Gasteiger partial charge in [0.25, 0.3) is 0 Å². The second-order valence-electron chi connectivity index (χ2n) is 4.15. The molecule has 1 aromatic heterocycles. The molecule has 3 nitrogen and oxygen atoms in total.